The van der Waals surface area contributed by atoms with Crippen LogP contribution in [0.2, 0.25) is 0 Å². The second-order valence-corrected chi connectivity index (χ2v) is 8.34. The van der Waals surface area contributed by atoms with Crippen molar-refractivity contribution in [2.24, 2.45) is 0 Å². The van der Waals surface area contributed by atoms with E-state index in [1.807, 2.05) is 6.92 Å². The molecule has 3 rings (SSSR count). The molecule has 0 unspecified atom stereocenters. The summed E-state index contributed by atoms with van der Waals surface area (Å²) in [5, 5.41) is 0. The summed E-state index contributed by atoms with van der Waals surface area (Å²) in [6.07, 6.45) is 0. The number of carbonyl (C=O) groups excluding carboxylic acids is 3. The van der Waals surface area contributed by atoms with E-state index >= 15 is 0 Å². The number of methoxy groups -OCH3 is 1. The monoisotopic (exact) mass is 494 g/mol. The average Bonchev–Trinajstić information content (AvgIpc) is 3.13. The highest BCUT2D eigenvalue weighted by Crippen LogP contribution is 2.25. The molecule has 190 valence electrons. The van der Waals surface area contributed by atoms with Gasteiger partial charge in [-0.3, -0.25) is 9.59 Å². The molecule has 0 N–H and O–H groups in total. The van der Waals surface area contributed by atoms with Gasteiger partial charge < -0.3 is 18.9 Å². The van der Waals surface area contributed by atoms with Crippen LogP contribution in [-0.4, -0.2) is 47.4 Å². The van der Waals surface area contributed by atoms with E-state index in [0.29, 0.717) is 45.9 Å². The molecule has 0 saturated carbocycles. The molecule has 2 aromatic carbocycles. The Labute approximate surface area is 210 Å². The molecule has 36 heavy (non-hydrogen) atoms. The van der Waals surface area contributed by atoms with Gasteiger partial charge in [0, 0.05) is 29.9 Å². The zero-order valence-electron chi connectivity index (χ0n) is 21.3. The van der Waals surface area contributed by atoms with E-state index in [1.54, 1.807) is 61.7 Å². The number of esters is 1. The number of hydrogen-bond acceptors (Lipinski definition) is 5. The Bertz CT molecular complexity index is 1260. The number of ether oxygens (including phenoxy) is 2. The van der Waals surface area contributed by atoms with Crippen LogP contribution in [0.15, 0.2) is 48.5 Å². The number of carbonyl (C=O) groups is 3. The first-order valence-corrected chi connectivity index (χ1v) is 11.8. The second kappa shape index (κ2) is 11.7. The second-order valence-electron chi connectivity index (χ2n) is 8.34. The third-order valence-electron chi connectivity index (χ3n) is 6.06. The van der Waals surface area contributed by atoms with Crippen LogP contribution in [-0.2, 0) is 17.8 Å². The smallest absolute Gasteiger partial charge is 0.355 e. The third kappa shape index (κ3) is 5.64. The Hall–Kier alpha value is -3.94. The molecule has 7 nitrogen and oxygen atoms in total. The summed E-state index contributed by atoms with van der Waals surface area (Å²) in [4.78, 5) is 41.2. The number of ketones is 1. The maximum Gasteiger partial charge on any atom is 0.355 e. The van der Waals surface area contributed by atoms with Crippen LogP contribution in [0, 0.1) is 19.7 Å². The Kier molecular flexibility index (Phi) is 8.64. The van der Waals surface area contributed by atoms with Crippen LogP contribution >= 0.6 is 0 Å². The largest absolute Gasteiger partial charge is 0.497 e. The van der Waals surface area contributed by atoms with Crippen LogP contribution in [0.5, 0.6) is 5.75 Å². The van der Waals surface area contributed by atoms with E-state index in [2.05, 4.69) is 0 Å². The van der Waals surface area contributed by atoms with Gasteiger partial charge in [-0.05, 0) is 69.2 Å². The molecule has 0 spiro atoms. The molecule has 0 aliphatic rings. The van der Waals surface area contributed by atoms with Gasteiger partial charge >= 0.3 is 5.97 Å². The lowest BCUT2D eigenvalue weighted by atomic mass is 10.0. The number of halogens is 1. The molecule has 0 bridgehead atoms. The molecular formula is C28H31FN2O5. The van der Waals surface area contributed by atoms with Crippen LogP contribution in [0.3, 0.4) is 0 Å². The Morgan fingerprint density at radius 1 is 1.03 bits per heavy atom. The molecule has 1 aromatic heterocycles. The SMILES string of the molecule is CCOC(=O)c1c(C)c(C(=O)CN(Cc2ccc(F)cc2)C(=O)c2cccc(OC)c2)c(C)n1CC. The Morgan fingerprint density at radius 2 is 1.72 bits per heavy atom. The highest BCUT2D eigenvalue weighted by Gasteiger charge is 2.29. The normalized spacial score (nSPS) is 10.7. The summed E-state index contributed by atoms with van der Waals surface area (Å²) < 4.78 is 25.7. The topological polar surface area (TPSA) is 77.8 Å². The van der Waals surface area contributed by atoms with Gasteiger partial charge in [-0.25, -0.2) is 9.18 Å². The van der Waals surface area contributed by atoms with E-state index in [4.69, 9.17) is 9.47 Å². The van der Waals surface area contributed by atoms with Gasteiger partial charge in [-0.15, -0.1) is 0 Å². The molecule has 0 radical (unpaired) electrons. The number of hydrogen-bond donors (Lipinski definition) is 0. The minimum Gasteiger partial charge on any atom is -0.497 e. The Balaban J connectivity index is 2.00. The molecule has 1 amide bonds. The molecule has 0 fully saturated rings. The number of nitrogens with zero attached hydrogens (tertiary/aromatic N) is 2. The fourth-order valence-corrected chi connectivity index (χ4v) is 4.36. The zero-order chi connectivity index (χ0) is 26.4. The maximum atomic E-state index is 13.6. The lowest BCUT2D eigenvalue weighted by molar-refractivity contribution is 0.0512. The van der Waals surface area contributed by atoms with Crippen LogP contribution in [0.4, 0.5) is 4.39 Å². The number of Topliss-reactive ketones (excluding diaryl/α,β-unsaturated/α-hetero) is 1. The van der Waals surface area contributed by atoms with Crippen LogP contribution in [0.1, 0.15) is 61.9 Å². The van der Waals surface area contributed by atoms with Gasteiger partial charge in [0.15, 0.2) is 5.78 Å². The van der Waals surface area contributed by atoms with Crippen LogP contribution < -0.4 is 4.74 Å². The first kappa shape index (κ1) is 26.7. The summed E-state index contributed by atoms with van der Waals surface area (Å²) >= 11 is 0. The fraction of sp³-hybridized carbons (Fsp3) is 0.321. The molecule has 0 aliphatic heterocycles. The van der Waals surface area contributed by atoms with Gasteiger partial charge in [0.2, 0.25) is 0 Å². The van der Waals surface area contributed by atoms with Crippen molar-refractivity contribution in [3.05, 3.63) is 88.0 Å². The summed E-state index contributed by atoms with van der Waals surface area (Å²) in [5.41, 5.74) is 2.92. The lowest BCUT2D eigenvalue weighted by Gasteiger charge is -2.23. The minimum absolute atomic E-state index is 0.0966. The summed E-state index contributed by atoms with van der Waals surface area (Å²) in [7, 11) is 1.51. The predicted octanol–water partition coefficient (Wildman–Crippen LogP) is 4.97. The molecule has 0 saturated heterocycles. The molecule has 0 atom stereocenters. The van der Waals surface area contributed by atoms with E-state index in [9.17, 15) is 18.8 Å². The third-order valence-corrected chi connectivity index (χ3v) is 6.06. The number of aromatic nitrogens is 1. The van der Waals surface area contributed by atoms with Crippen molar-refractivity contribution in [2.45, 2.75) is 40.8 Å². The fourth-order valence-electron chi connectivity index (χ4n) is 4.36. The predicted molar refractivity (Wildman–Crippen MR) is 134 cm³/mol. The van der Waals surface area contributed by atoms with Gasteiger partial charge in [0.1, 0.15) is 17.3 Å². The zero-order valence-corrected chi connectivity index (χ0v) is 21.3. The quantitative estimate of drug-likeness (QED) is 0.294. The lowest BCUT2D eigenvalue weighted by Crippen LogP contribution is -2.35. The number of benzene rings is 2. The first-order chi connectivity index (χ1) is 17.2. The van der Waals surface area contributed by atoms with Crippen molar-refractivity contribution < 1.29 is 28.2 Å². The average molecular weight is 495 g/mol. The highest BCUT2D eigenvalue weighted by molar-refractivity contribution is 6.06. The van der Waals surface area contributed by atoms with Gasteiger partial charge in [-0.1, -0.05) is 18.2 Å². The summed E-state index contributed by atoms with van der Waals surface area (Å²) in [6, 6.07) is 12.5. The van der Waals surface area contributed by atoms with Crippen molar-refractivity contribution in [3.63, 3.8) is 0 Å². The number of amides is 1. The van der Waals surface area contributed by atoms with E-state index in [1.165, 1.54) is 24.1 Å². The summed E-state index contributed by atoms with van der Waals surface area (Å²) in [6.45, 7) is 7.67. The first-order valence-electron chi connectivity index (χ1n) is 11.8. The summed E-state index contributed by atoms with van der Waals surface area (Å²) in [5.74, 6) is -1.04. The van der Waals surface area contributed by atoms with E-state index in [0.717, 1.165) is 0 Å². The van der Waals surface area contributed by atoms with E-state index in [-0.39, 0.29) is 37.2 Å². The molecule has 1 heterocycles. The van der Waals surface area contributed by atoms with Gasteiger partial charge in [0.25, 0.3) is 5.91 Å². The molecule has 3 aromatic rings. The van der Waals surface area contributed by atoms with Crippen molar-refractivity contribution in [1.82, 2.24) is 9.47 Å². The standard InChI is InChI=1S/C28H31FN2O5/c1-6-31-19(4)25(18(3)26(31)28(34)36-7-2)24(32)17-30(16-20-11-13-22(29)14-12-20)27(33)21-9-8-10-23(15-21)35-5/h8-15H,6-7,16-17H2,1-5H3. The van der Waals surface area contributed by atoms with Gasteiger partial charge in [-0.2, -0.15) is 0 Å². The van der Waals surface area contributed by atoms with Crippen molar-refractivity contribution >= 4 is 17.7 Å². The Morgan fingerprint density at radius 3 is 2.33 bits per heavy atom. The number of rotatable bonds is 10. The van der Waals surface area contributed by atoms with Crippen molar-refractivity contribution in [2.75, 3.05) is 20.3 Å². The van der Waals surface area contributed by atoms with E-state index < -0.39 is 5.97 Å². The van der Waals surface area contributed by atoms with Crippen molar-refractivity contribution in [3.8, 4) is 5.75 Å². The van der Waals surface area contributed by atoms with Gasteiger partial charge in [0.05, 0.1) is 20.3 Å². The van der Waals surface area contributed by atoms with Crippen LogP contribution in [0.25, 0.3) is 0 Å². The van der Waals surface area contributed by atoms with Crippen molar-refractivity contribution in [1.29, 1.82) is 0 Å². The highest BCUT2D eigenvalue weighted by atomic mass is 19.1. The minimum atomic E-state index is -0.491. The molecule has 0 aliphatic carbocycles. The maximum absolute atomic E-state index is 13.6. The molecule has 8 heteroatoms. The molecular weight excluding hydrogens is 463 g/mol.